The van der Waals surface area contributed by atoms with Crippen LogP contribution in [0.3, 0.4) is 0 Å². The van der Waals surface area contributed by atoms with Gasteiger partial charge in [-0.05, 0) is 19.4 Å². The highest BCUT2D eigenvalue weighted by molar-refractivity contribution is 14.0. The largest absolute Gasteiger partial charge is 0.357 e. The Labute approximate surface area is 154 Å². The van der Waals surface area contributed by atoms with Crippen molar-refractivity contribution in [3.8, 4) is 0 Å². The van der Waals surface area contributed by atoms with Crippen molar-refractivity contribution in [3.63, 3.8) is 0 Å². The van der Waals surface area contributed by atoms with E-state index in [1.165, 1.54) is 0 Å². The first-order valence-electron chi connectivity index (χ1n) is 7.92. The molecule has 0 aliphatic carbocycles. The molecular formula is C15H27IN6O. The highest BCUT2D eigenvalue weighted by Gasteiger charge is 2.27. The number of carbonyl (C=O) groups is 1. The first kappa shape index (κ1) is 19.7. The van der Waals surface area contributed by atoms with Crippen LogP contribution in [0.2, 0.25) is 0 Å². The molecule has 0 bridgehead atoms. The zero-order chi connectivity index (χ0) is 15.9. The van der Waals surface area contributed by atoms with E-state index in [9.17, 15) is 4.79 Å². The van der Waals surface area contributed by atoms with Crippen molar-refractivity contribution in [1.29, 1.82) is 0 Å². The van der Waals surface area contributed by atoms with Gasteiger partial charge < -0.3 is 15.5 Å². The number of amides is 1. The van der Waals surface area contributed by atoms with Crippen LogP contribution in [-0.2, 0) is 11.3 Å². The Morgan fingerprint density at radius 2 is 2.35 bits per heavy atom. The summed E-state index contributed by atoms with van der Waals surface area (Å²) >= 11 is 0. The average Bonchev–Trinajstić information content (AvgIpc) is 3.15. The molecule has 7 nitrogen and oxygen atoms in total. The van der Waals surface area contributed by atoms with Crippen molar-refractivity contribution in [3.05, 3.63) is 18.0 Å². The van der Waals surface area contributed by atoms with Crippen molar-refractivity contribution in [1.82, 2.24) is 25.7 Å². The van der Waals surface area contributed by atoms with Gasteiger partial charge in [0.25, 0.3) is 0 Å². The Morgan fingerprint density at radius 1 is 1.57 bits per heavy atom. The summed E-state index contributed by atoms with van der Waals surface area (Å²) in [6.07, 6.45) is 2.67. The number of aromatic nitrogens is 2. The molecule has 3 N–H and O–H groups in total. The zero-order valence-corrected chi connectivity index (χ0v) is 16.3. The molecule has 130 valence electrons. The minimum atomic E-state index is 0. The van der Waals surface area contributed by atoms with Crippen LogP contribution < -0.4 is 10.6 Å². The number of H-pyrrole nitrogens is 1. The standard InChI is InChI=1S/C15H26N6O.HI/c1-4-16-15(17-9-12-5-7-18-20-12)19-13-6-8-21(10-13)14(22)11(2)3;/h5,7,11,13H,4,6,8-10H2,1-3H3,(H,18,20)(H2,16,17,19);1H. The lowest BCUT2D eigenvalue weighted by Gasteiger charge is -2.20. The van der Waals surface area contributed by atoms with Crippen molar-refractivity contribution in [2.24, 2.45) is 10.9 Å². The van der Waals surface area contributed by atoms with Crippen LogP contribution in [0.1, 0.15) is 32.9 Å². The number of carbonyl (C=O) groups excluding carboxylic acids is 1. The number of nitrogens with one attached hydrogen (secondary N) is 3. The average molecular weight is 434 g/mol. The van der Waals surface area contributed by atoms with Gasteiger partial charge in [-0.15, -0.1) is 24.0 Å². The topological polar surface area (TPSA) is 85.4 Å². The van der Waals surface area contributed by atoms with Crippen LogP contribution in [0.25, 0.3) is 0 Å². The third kappa shape index (κ3) is 6.00. The first-order chi connectivity index (χ1) is 10.6. The fourth-order valence-corrected chi connectivity index (χ4v) is 2.49. The van der Waals surface area contributed by atoms with E-state index < -0.39 is 0 Å². The van der Waals surface area contributed by atoms with Gasteiger partial charge in [0.2, 0.25) is 5.91 Å². The number of guanidine groups is 1. The Hall–Kier alpha value is -1.32. The van der Waals surface area contributed by atoms with Crippen molar-refractivity contribution in [2.75, 3.05) is 19.6 Å². The molecule has 1 amide bonds. The molecule has 1 saturated heterocycles. The van der Waals surface area contributed by atoms with Gasteiger partial charge in [-0.2, -0.15) is 5.10 Å². The maximum Gasteiger partial charge on any atom is 0.225 e. The summed E-state index contributed by atoms with van der Waals surface area (Å²) in [5.41, 5.74) is 0.972. The molecule has 0 spiro atoms. The molecular weight excluding hydrogens is 407 g/mol. The van der Waals surface area contributed by atoms with Gasteiger partial charge in [-0.1, -0.05) is 13.8 Å². The minimum Gasteiger partial charge on any atom is -0.357 e. The Morgan fingerprint density at radius 3 is 2.96 bits per heavy atom. The lowest BCUT2D eigenvalue weighted by Crippen LogP contribution is -2.45. The second-order valence-corrected chi connectivity index (χ2v) is 5.85. The van der Waals surface area contributed by atoms with E-state index in [-0.39, 0.29) is 41.8 Å². The van der Waals surface area contributed by atoms with Crippen molar-refractivity contribution < 1.29 is 4.79 Å². The predicted octanol–water partition coefficient (Wildman–Crippen LogP) is 1.34. The Balaban J connectivity index is 0.00000264. The molecule has 1 fully saturated rings. The first-order valence-corrected chi connectivity index (χ1v) is 7.92. The van der Waals surface area contributed by atoms with Gasteiger partial charge in [-0.3, -0.25) is 9.89 Å². The molecule has 1 aromatic heterocycles. The second-order valence-electron chi connectivity index (χ2n) is 5.85. The van der Waals surface area contributed by atoms with E-state index in [1.807, 2.05) is 31.7 Å². The van der Waals surface area contributed by atoms with Gasteiger partial charge in [0.05, 0.1) is 12.2 Å². The number of halogens is 1. The monoisotopic (exact) mass is 434 g/mol. The quantitative estimate of drug-likeness (QED) is 0.371. The molecule has 0 saturated carbocycles. The third-order valence-electron chi connectivity index (χ3n) is 3.64. The van der Waals surface area contributed by atoms with Gasteiger partial charge in [0, 0.05) is 37.8 Å². The van der Waals surface area contributed by atoms with E-state index in [1.54, 1.807) is 6.20 Å². The number of aromatic amines is 1. The van der Waals surface area contributed by atoms with Crippen LogP contribution in [0.15, 0.2) is 17.3 Å². The number of hydrogen-bond donors (Lipinski definition) is 3. The smallest absolute Gasteiger partial charge is 0.225 e. The van der Waals surface area contributed by atoms with Crippen molar-refractivity contribution >= 4 is 35.8 Å². The molecule has 2 heterocycles. The van der Waals surface area contributed by atoms with Crippen LogP contribution in [0, 0.1) is 5.92 Å². The summed E-state index contributed by atoms with van der Waals surface area (Å²) < 4.78 is 0. The molecule has 1 aliphatic heterocycles. The van der Waals surface area contributed by atoms with Crippen LogP contribution >= 0.6 is 24.0 Å². The molecule has 1 aromatic rings. The Bertz CT molecular complexity index is 502. The molecule has 0 radical (unpaired) electrons. The normalized spacial score (nSPS) is 18.0. The lowest BCUT2D eigenvalue weighted by atomic mass is 10.2. The number of aliphatic imine (C=N–C) groups is 1. The molecule has 1 atom stereocenters. The van der Waals surface area contributed by atoms with E-state index in [0.29, 0.717) is 6.54 Å². The van der Waals surface area contributed by atoms with Crippen LogP contribution in [-0.4, -0.2) is 52.6 Å². The van der Waals surface area contributed by atoms with E-state index in [4.69, 9.17) is 0 Å². The van der Waals surface area contributed by atoms with Gasteiger partial charge >= 0.3 is 0 Å². The predicted molar refractivity (Wildman–Crippen MR) is 102 cm³/mol. The second kappa shape index (κ2) is 9.74. The summed E-state index contributed by atoms with van der Waals surface area (Å²) in [7, 11) is 0. The molecule has 1 unspecified atom stereocenters. The van der Waals surface area contributed by atoms with Crippen LogP contribution in [0.4, 0.5) is 0 Å². The molecule has 23 heavy (non-hydrogen) atoms. The van der Waals surface area contributed by atoms with Gasteiger partial charge in [-0.25, -0.2) is 4.99 Å². The zero-order valence-electron chi connectivity index (χ0n) is 14.0. The van der Waals surface area contributed by atoms with Crippen LogP contribution in [0.5, 0.6) is 0 Å². The highest BCUT2D eigenvalue weighted by Crippen LogP contribution is 2.12. The fraction of sp³-hybridized carbons (Fsp3) is 0.667. The van der Waals surface area contributed by atoms with Crippen molar-refractivity contribution in [2.45, 2.75) is 39.8 Å². The molecule has 2 rings (SSSR count). The number of rotatable bonds is 5. The maximum atomic E-state index is 12.0. The van der Waals surface area contributed by atoms with Gasteiger partial charge in [0.1, 0.15) is 0 Å². The summed E-state index contributed by atoms with van der Waals surface area (Å²) in [5, 5.41) is 13.5. The summed E-state index contributed by atoms with van der Waals surface area (Å²) in [5.74, 6) is 1.06. The van der Waals surface area contributed by atoms with E-state index in [2.05, 4.69) is 25.8 Å². The SMILES string of the molecule is CCNC(=NCc1ccn[nH]1)NC1CCN(C(=O)C(C)C)C1.I. The number of hydrogen-bond acceptors (Lipinski definition) is 3. The Kier molecular flexibility index (Phi) is 8.35. The highest BCUT2D eigenvalue weighted by atomic mass is 127. The summed E-state index contributed by atoms with van der Waals surface area (Å²) in [4.78, 5) is 18.5. The van der Waals surface area contributed by atoms with Gasteiger partial charge in [0.15, 0.2) is 5.96 Å². The molecule has 0 aromatic carbocycles. The number of nitrogens with zero attached hydrogens (tertiary/aromatic N) is 3. The minimum absolute atomic E-state index is 0. The summed E-state index contributed by atoms with van der Waals surface area (Å²) in [6, 6.07) is 2.16. The molecule has 1 aliphatic rings. The number of likely N-dealkylation sites (tertiary alicyclic amines) is 1. The fourth-order valence-electron chi connectivity index (χ4n) is 2.49. The lowest BCUT2D eigenvalue weighted by molar-refractivity contribution is -0.133. The molecule has 8 heteroatoms. The maximum absolute atomic E-state index is 12.0. The third-order valence-corrected chi connectivity index (χ3v) is 3.64. The summed E-state index contributed by atoms with van der Waals surface area (Å²) in [6.45, 7) is 8.83. The van der Waals surface area contributed by atoms with E-state index in [0.717, 1.165) is 37.7 Å². The van der Waals surface area contributed by atoms with E-state index >= 15 is 0 Å².